The molecule has 0 spiro atoms. The van der Waals surface area contributed by atoms with Crippen LogP contribution in [0, 0.1) is 17.8 Å². The molecule has 0 bridgehead atoms. The fourth-order valence-electron chi connectivity index (χ4n) is 1.09. The van der Waals surface area contributed by atoms with E-state index in [0.29, 0.717) is 6.42 Å². The van der Waals surface area contributed by atoms with Crippen LogP contribution >= 0.6 is 0 Å². The van der Waals surface area contributed by atoms with E-state index in [1.807, 2.05) is 6.92 Å². The van der Waals surface area contributed by atoms with Gasteiger partial charge in [-0.15, -0.1) is 0 Å². The van der Waals surface area contributed by atoms with Crippen LogP contribution < -0.4 is 0 Å². The summed E-state index contributed by atoms with van der Waals surface area (Å²) in [5, 5.41) is 8.74. The lowest BCUT2D eigenvalue weighted by molar-refractivity contribution is -0.148. The summed E-state index contributed by atoms with van der Waals surface area (Å²) in [4.78, 5) is 33.3. The molecular formula is C12H16O4. The van der Waals surface area contributed by atoms with Crippen molar-refractivity contribution in [3.8, 4) is 11.8 Å². The van der Waals surface area contributed by atoms with Gasteiger partial charge in [0.05, 0.1) is 0 Å². The van der Waals surface area contributed by atoms with Gasteiger partial charge in [0.25, 0.3) is 0 Å². The molecule has 0 aromatic heterocycles. The molecule has 1 N–H and O–H groups in total. The van der Waals surface area contributed by atoms with E-state index in [1.54, 1.807) is 0 Å². The Morgan fingerprint density at radius 2 is 1.88 bits per heavy atom. The van der Waals surface area contributed by atoms with Gasteiger partial charge in [-0.25, -0.2) is 0 Å². The molecule has 0 amide bonds. The number of carboxylic acid groups (broad SMARTS) is 1. The number of aliphatic carboxylic acids is 1. The number of carbonyl (C=O) groups is 3. The lowest BCUT2D eigenvalue weighted by atomic mass is 9.97. The second kappa shape index (κ2) is 7.63. The van der Waals surface area contributed by atoms with Crippen LogP contribution in [0.1, 0.15) is 39.5 Å². The largest absolute Gasteiger partial charge is 0.480 e. The van der Waals surface area contributed by atoms with Crippen molar-refractivity contribution >= 4 is 17.5 Å². The Kier molecular flexibility index (Phi) is 6.86. The molecule has 4 nitrogen and oxygen atoms in total. The standard InChI is InChI=1S/C12H16O4/c1-3-5-6-7-8-10(14)11(12(15)16)9(13)4-2/h11H,3-6H2,1-2H3,(H,15,16). The highest BCUT2D eigenvalue weighted by molar-refractivity contribution is 6.22. The van der Waals surface area contributed by atoms with Gasteiger partial charge >= 0.3 is 5.97 Å². The number of hydrogen-bond acceptors (Lipinski definition) is 3. The molecule has 0 fully saturated rings. The van der Waals surface area contributed by atoms with Crippen molar-refractivity contribution in [2.24, 2.45) is 5.92 Å². The quantitative estimate of drug-likeness (QED) is 0.320. The molecule has 0 radical (unpaired) electrons. The topological polar surface area (TPSA) is 71.4 Å². The maximum absolute atomic E-state index is 11.4. The number of carbonyl (C=O) groups excluding carboxylic acids is 2. The summed E-state index contributed by atoms with van der Waals surface area (Å²) in [5.41, 5.74) is 0. The average Bonchev–Trinajstić information content (AvgIpc) is 2.23. The zero-order valence-corrected chi connectivity index (χ0v) is 9.58. The van der Waals surface area contributed by atoms with Crippen LogP contribution in [-0.4, -0.2) is 22.6 Å². The number of hydrogen-bond donors (Lipinski definition) is 1. The van der Waals surface area contributed by atoms with Gasteiger partial charge in [0.15, 0.2) is 11.7 Å². The Morgan fingerprint density at radius 1 is 1.25 bits per heavy atom. The summed E-state index contributed by atoms with van der Waals surface area (Å²) in [6.45, 7) is 3.51. The van der Waals surface area contributed by atoms with Gasteiger partial charge in [-0.1, -0.05) is 26.2 Å². The molecule has 0 aliphatic carbocycles. The monoisotopic (exact) mass is 224 g/mol. The molecule has 88 valence electrons. The van der Waals surface area contributed by atoms with Gasteiger partial charge in [-0.05, 0) is 12.3 Å². The molecule has 0 saturated carbocycles. The molecule has 0 aliphatic rings. The number of rotatable bonds is 6. The molecule has 4 heteroatoms. The maximum atomic E-state index is 11.4. The minimum Gasteiger partial charge on any atom is -0.480 e. The first-order valence-electron chi connectivity index (χ1n) is 5.32. The lowest BCUT2D eigenvalue weighted by Crippen LogP contribution is -2.30. The molecule has 0 aromatic carbocycles. The van der Waals surface area contributed by atoms with Crippen molar-refractivity contribution in [2.75, 3.05) is 0 Å². The van der Waals surface area contributed by atoms with Gasteiger partial charge < -0.3 is 5.11 Å². The Morgan fingerprint density at radius 3 is 2.31 bits per heavy atom. The van der Waals surface area contributed by atoms with E-state index in [9.17, 15) is 14.4 Å². The molecular weight excluding hydrogens is 208 g/mol. The highest BCUT2D eigenvalue weighted by Gasteiger charge is 2.31. The van der Waals surface area contributed by atoms with Crippen molar-refractivity contribution < 1.29 is 19.5 Å². The normalized spacial score (nSPS) is 11.1. The van der Waals surface area contributed by atoms with Gasteiger partial charge in [-0.2, -0.15) is 0 Å². The van der Waals surface area contributed by atoms with Gasteiger partial charge in [-0.3, -0.25) is 14.4 Å². The molecule has 1 unspecified atom stereocenters. The van der Waals surface area contributed by atoms with E-state index < -0.39 is 23.5 Å². The smallest absolute Gasteiger partial charge is 0.322 e. The zero-order valence-electron chi connectivity index (χ0n) is 9.58. The van der Waals surface area contributed by atoms with Crippen LogP contribution in [0.2, 0.25) is 0 Å². The van der Waals surface area contributed by atoms with E-state index in [1.165, 1.54) is 6.92 Å². The lowest BCUT2D eigenvalue weighted by Gasteiger charge is -2.03. The molecule has 16 heavy (non-hydrogen) atoms. The number of unbranched alkanes of at least 4 members (excludes halogenated alkanes) is 2. The van der Waals surface area contributed by atoms with Crippen molar-refractivity contribution in [2.45, 2.75) is 39.5 Å². The SMILES string of the molecule is CCCCC#CC(=O)C(C(=O)O)C(=O)CC. The second-order valence-corrected chi connectivity index (χ2v) is 3.36. The van der Waals surface area contributed by atoms with E-state index in [0.717, 1.165) is 12.8 Å². The molecule has 0 heterocycles. The minimum atomic E-state index is -1.61. The third-order valence-corrected chi connectivity index (χ3v) is 2.05. The summed E-state index contributed by atoms with van der Waals surface area (Å²) in [7, 11) is 0. The predicted octanol–water partition coefficient (Wildman–Crippen LogP) is 1.43. The first-order valence-corrected chi connectivity index (χ1v) is 5.32. The van der Waals surface area contributed by atoms with Crippen LogP contribution in [0.25, 0.3) is 0 Å². The summed E-state index contributed by atoms with van der Waals surface area (Å²) in [5.74, 6) is 0.377. The molecule has 0 aromatic rings. The van der Waals surface area contributed by atoms with Crippen LogP contribution in [0.4, 0.5) is 0 Å². The first-order chi connectivity index (χ1) is 7.54. The third-order valence-electron chi connectivity index (χ3n) is 2.05. The summed E-state index contributed by atoms with van der Waals surface area (Å²) < 4.78 is 0. The van der Waals surface area contributed by atoms with Gasteiger partial charge in [0, 0.05) is 12.8 Å². The minimum absolute atomic E-state index is 0.0271. The van der Waals surface area contributed by atoms with Gasteiger partial charge in [0.2, 0.25) is 5.78 Å². The van der Waals surface area contributed by atoms with Gasteiger partial charge in [0.1, 0.15) is 0 Å². The number of Topliss-reactive ketones (excluding diaryl/α,β-unsaturated/α-hetero) is 2. The second-order valence-electron chi connectivity index (χ2n) is 3.36. The summed E-state index contributed by atoms with van der Waals surface area (Å²) in [6.07, 6.45) is 2.40. The van der Waals surface area contributed by atoms with Crippen LogP contribution in [0.3, 0.4) is 0 Å². The van der Waals surface area contributed by atoms with Crippen LogP contribution in [-0.2, 0) is 14.4 Å². The van der Waals surface area contributed by atoms with Crippen molar-refractivity contribution in [3.05, 3.63) is 0 Å². The third kappa shape index (κ3) is 4.74. The van der Waals surface area contributed by atoms with E-state index in [4.69, 9.17) is 5.11 Å². The maximum Gasteiger partial charge on any atom is 0.322 e. The summed E-state index contributed by atoms with van der Waals surface area (Å²) in [6, 6.07) is 0. The Labute approximate surface area is 95.0 Å². The van der Waals surface area contributed by atoms with E-state index in [2.05, 4.69) is 11.8 Å². The first kappa shape index (κ1) is 14.4. The highest BCUT2D eigenvalue weighted by atomic mass is 16.4. The van der Waals surface area contributed by atoms with Crippen molar-refractivity contribution in [1.82, 2.24) is 0 Å². The zero-order chi connectivity index (χ0) is 12.6. The van der Waals surface area contributed by atoms with E-state index in [-0.39, 0.29) is 6.42 Å². The van der Waals surface area contributed by atoms with Crippen LogP contribution in [0.15, 0.2) is 0 Å². The fraction of sp³-hybridized carbons (Fsp3) is 0.583. The molecule has 0 rings (SSSR count). The Balaban J connectivity index is 4.55. The highest BCUT2D eigenvalue weighted by Crippen LogP contribution is 2.04. The number of carboxylic acids is 1. The summed E-state index contributed by atoms with van der Waals surface area (Å²) >= 11 is 0. The Hall–Kier alpha value is -1.63. The van der Waals surface area contributed by atoms with E-state index >= 15 is 0 Å². The fourth-order valence-corrected chi connectivity index (χ4v) is 1.09. The van der Waals surface area contributed by atoms with Crippen LogP contribution in [0.5, 0.6) is 0 Å². The van der Waals surface area contributed by atoms with Crippen molar-refractivity contribution in [1.29, 1.82) is 0 Å². The Bertz CT molecular complexity index is 333. The molecule has 0 aliphatic heterocycles. The molecule has 1 atom stereocenters. The average molecular weight is 224 g/mol. The van der Waals surface area contributed by atoms with Crippen molar-refractivity contribution in [3.63, 3.8) is 0 Å². The number of ketones is 2. The molecule has 0 saturated heterocycles. The predicted molar refractivity (Wildman–Crippen MR) is 58.7 cm³/mol.